The maximum atomic E-state index is 13.0. The average Bonchev–Trinajstić information content (AvgIpc) is 2.60. The molecule has 27 heavy (non-hydrogen) atoms. The molecule has 1 aliphatic heterocycles. The number of benzene rings is 1. The number of carbonyl (C=O) groups is 2. The number of piperazine rings is 1. The molecule has 2 N–H and O–H groups in total. The van der Waals surface area contributed by atoms with E-state index in [1.165, 1.54) is 16.4 Å². The highest BCUT2D eigenvalue weighted by atomic mass is 32.2. The van der Waals surface area contributed by atoms with E-state index < -0.39 is 33.8 Å². The molecular formula is C17H25FN4O4S. The number of hydrogen-bond acceptors (Lipinski definition) is 5. The number of rotatable bonds is 5. The van der Waals surface area contributed by atoms with E-state index in [2.05, 4.69) is 10.6 Å². The molecule has 0 saturated carbocycles. The number of halogens is 1. The zero-order chi connectivity index (χ0) is 20.2. The third-order valence-corrected chi connectivity index (χ3v) is 6.22. The van der Waals surface area contributed by atoms with Crippen LogP contribution >= 0.6 is 0 Å². The Kier molecular flexibility index (Phi) is 6.90. The monoisotopic (exact) mass is 400 g/mol. The van der Waals surface area contributed by atoms with Crippen molar-refractivity contribution in [2.45, 2.75) is 37.8 Å². The van der Waals surface area contributed by atoms with Crippen LogP contribution in [-0.4, -0.2) is 67.8 Å². The van der Waals surface area contributed by atoms with Crippen molar-refractivity contribution in [2.24, 2.45) is 0 Å². The van der Waals surface area contributed by atoms with Gasteiger partial charge in [0.05, 0.1) is 10.9 Å². The van der Waals surface area contributed by atoms with Gasteiger partial charge in [-0.25, -0.2) is 17.6 Å². The predicted octanol–water partition coefficient (Wildman–Crippen LogP) is 0.755. The molecular weight excluding hydrogens is 375 g/mol. The first-order valence-electron chi connectivity index (χ1n) is 8.72. The highest BCUT2D eigenvalue weighted by molar-refractivity contribution is 7.89. The summed E-state index contributed by atoms with van der Waals surface area (Å²) in [6.07, 6.45) is 0. The quantitative estimate of drug-likeness (QED) is 0.760. The van der Waals surface area contributed by atoms with Crippen molar-refractivity contribution in [3.8, 4) is 0 Å². The summed E-state index contributed by atoms with van der Waals surface area (Å²) in [7, 11) is -3.71. The number of urea groups is 1. The summed E-state index contributed by atoms with van der Waals surface area (Å²) in [4.78, 5) is 25.7. The number of nitrogens with one attached hydrogen (secondary N) is 2. The zero-order valence-electron chi connectivity index (χ0n) is 15.6. The third kappa shape index (κ3) is 5.47. The van der Waals surface area contributed by atoms with Gasteiger partial charge < -0.3 is 5.32 Å². The fourth-order valence-electron chi connectivity index (χ4n) is 2.77. The van der Waals surface area contributed by atoms with Crippen molar-refractivity contribution < 1.29 is 22.4 Å². The summed E-state index contributed by atoms with van der Waals surface area (Å²) in [5.41, 5.74) is 0. The normalized spacial score (nSPS) is 17.5. The van der Waals surface area contributed by atoms with Crippen LogP contribution in [0.15, 0.2) is 29.2 Å². The molecule has 1 aliphatic rings. The molecule has 1 aromatic rings. The molecule has 8 nitrogen and oxygen atoms in total. The van der Waals surface area contributed by atoms with Crippen molar-refractivity contribution in [3.05, 3.63) is 30.1 Å². The minimum Gasteiger partial charge on any atom is -0.336 e. The molecule has 150 valence electrons. The summed E-state index contributed by atoms with van der Waals surface area (Å²) in [5, 5.41) is 4.86. The van der Waals surface area contributed by atoms with Crippen LogP contribution in [0.1, 0.15) is 20.8 Å². The van der Waals surface area contributed by atoms with E-state index in [-0.39, 0.29) is 24.0 Å². The molecule has 0 aliphatic carbocycles. The van der Waals surface area contributed by atoms with Crippen LogP contribution < -0.4 is 10.6 Å². The summed E-state index contributed by atoms with van der Waals surface area (Å²) in [5.74, 6) is -0.942. The van der Waals surface area contributed by atoms with Crippen molar-refractivity contribution in [2.75, 3.05) is 26.2 Å². The van der Waals surface area contributed by atoms with Crippen molar-refractivity contribution in [1.82, 2.24) is 19.8 Å². The maximum absolute atomic E-state index is 13.0. The molecule has 1 heterocycles. The Labute approximate surface area is 158 Å². The molecule has 0 aromatic heterocycles. The number of hydrogen-bond donors (Lipinski definition) is 2. The lowest BCUT2D eigenvalue weighted by atomic mass is 10.2. The van der Waals surface area contributed by atoms with Gasteiger partial charge in [0.15, 0.2) is 0 Å². The molecule has 1 atom stereocenters. The largest absolute Gasteiger partial charge is 0.336 e. The molecule has 1 fully saturated rings. The third-order valence-electron chi connectivity index (χ3n) is 4.31. The van der Waals surface area contributed by atoms with Crippen LogP contribution in [0.25, 0.3) is 0 Å². The van der Waals surface area contributed by atoms with Gasteiger partial charge in [0.25, 0.3) is 0 Å². The summed E-state index contributed by atoms with van der Waals surface area (Å²) in [6.45, 7) is 6.34. The van der Waals surface area contributed by atoms with E-state index in [4.69, 9.17) is 0 Å². The number of amides is 3. The lowest BCUT2D eigenvalue weighted by Gasteiger charge is -2.36. The Morgan fingerprint density at radius 2 is 1.59 bits per heavy atom. The van der Waals surface area contributed by atoms with Crippen LogP contribution in [0.2, 0.25) is 0 Å². The number of carbonyl (C=O) groups excluding carboxylic acids is 2. The minimum atomic E-state index is -3.71. The Bertz CT molecular complexity index is 775. The lowest BCUT2D eigenvalue weighted by molar-refractivity contribution is -0.125. The van der Waals surface area contributed by atoms with Gasteiger partial charge in [-0.1, -0.05) is 0 Å². The fourth-order valence-corrected chi connectivity index (χ4v) is 4.19. The van der Waals surface area contributed by atoms with E-state index in [1.807, 2.05) is 4.90 Å². The SMILES string of the molecule is CC(C)NC(=O)NC(=O)[C@H](C)N1CCN(S(=O)(=O)c2ccc(F)cc2)CC1. The second kappa shape index (κ2) is 8.77. The Morgan fingerprint density at radius 1 is 1.04 bits per heavy atom. The fraction of sp³-hybridized carbons (Fsp3) is 0.529. The topological polar surface area (TPSA) is 98.8 Å². The van der Waals surface area contributed by atoms with Crippen LogP contribution in [0.4, 0.5) is 9.18 Å². The van der Waals surface area contributed by atoms with Gasteiger partial charge in [-0.2, -0.15) is 4.31 Å². The number of nitrogens with zero attached hydrogens (tertiary/aromatic N) is 2. The van der Waals surface area contributed by atoms with Crippen LogP contribution in [0.5, 0.6) is 0 Å². The van der Waals surface area contributed by atoms with E-state index in [9.17, 15) is 22.4 Å². The second-order valence-electron chi connectivity index (χ2n) is 6.69. The van der Waals surface area contributed by atoms with Gasteiger partial charge in [0.2, 0.25) is 15.9 Å². The zero-order valence-corrected chi connectivity index (χ0v) is 16.4. The average molecular weight is 400 g/mol. The van der Waals surface area contributed by atoms with Crippen molar-refractivity contribution >= 4 is 22.0 Å². The van der Waals surface area contributed by atoms with E-state index >= 15 is 0 Å². The van der Waals surface area contributed by atoms with Gasteiger partial charge in [-0.15, -0.1) is 0 Å². The molecule has 3 amide bonds. The number of imide groups is 1. The smallest absolute Gasteiger partial charge is 0.321 e. The van der Waals surface area contributed by atoms with Gasteiger partial charge in [-0.05, 0) is 45.0 Å². The molecule has 1 aromatic carbocycles. The Balaban J connectivity index is 1.93. The first-order chi connectivity index (χ1) is 12.6. The molecule has 0 bridgehead atoms. The highest BCUT2D eigenvalue weighted by Gasteiger charge is 2.32. The van der Waals surface area contributed by atoms with Crippen molar-refractivity contribution in [1.29, 1.82) is 0 Å². The molecule has 10 heteroatoms. The highest BCUT2D eigenvalue weighted by Crippen LogP contribution is 2.18. The molecule has 2 rings (SSSR count). The summed E-state index contributed by atoms with van der Waals surface area (Å²) >= 11 is 0. The summed E-state index contributed by atoms with van der Waals surface area (Å²) < 4.78 is 39.5. The van der Waals surface area contributed by atoms with Gasteiger partial charge in [0, 0.05) is 32.2 Å². The summed E-state index contributed by atoms with van der Waals surface area (Å²) in [6, 6.07) is 3.47. The number of sulfonamides is 1. The molecule has 1 saturated heterocycles. The maximum Gasteiger partial charge on any atom is 0.321 e. The minimum absolute atomic E-state index is 0.0356. The van der Waals surface area contributed by atoms with E-state index in [1.54, 1.807) is 20.8 Å². The molecule has 0 radical (unpaired) electrons. The predicted molar refractivity (Wildman–Crippen MR) is 98.0 cm³/mol. The van der Waals surface area contributed by atoms with E-state index in [0.29, 0.717) is 13.1 Å². The van der Waals surface area contributed by atoms with Crippen LogP contribution in [-0.2, 0) is 14.8 Å². The van der Waals surface area contributed by atoms with E-state index in [0.717, 1.165) is 12.1 Å². The Morgan fingerprint density at radius 3 is 2.11 bits per heavy atom. The lowest BCUT2D eigenvalue weighted by Crippen LogP contribution is -2.56. The standard InChI is InChI=1S/C17H25FN4O4S/c1-12(2)19-17(24)20-16(23)13(3)21-8-10-22(11-9-21)27(25,26)15-6-4-14(18)5-7-15/h4-7,12-13H,8-11H2,1-3H3,(H2,19,20,23,24)/t13-/m0/s1. The van der Waals surface area contributed by atoms with Gasteiger partial charge >= 0.3 is 6.03 Å². The van der Waals surface area contributed by atoms with Gasteiger partial charge in [0.1, 0.15) is 5.82 Å². The van der Waals surface area contributed by atoms with Crippen molar-refractivity contribution in [3.63, 3.8) is 0 Å². The van der Waals surface area contributed by atoms with Crippen LogP contribution in [0.3, 0.4) is 0 Å². The Hall–Kier alpha value is -2.04. The first-order valence-corrected chi connectivity index (χ1v) is 10.2. The second-order valence-corrected chi connectivity index (χ2v) is 8.63. The first kappa shape index (κ1) is 21.3. The molecule has 0 spiro atoms. The molecule has 0 unspecified atom stereocenters. The van der Waals surface area contributed by atoms with Crippen LogP contribution in [0, 0.1) is 5.82 Å². The van der Waals surface area contributed by atoms with Gasteiger partial charge in [-0.3, -0.25) is 15.0 Å².